The summed E-state index contributed by atoms with van der Waals surface area (Å²) in [6.07, 6.45) is 13.5. The molecule has 0 spiro atoms. The summed E-state index contributed by atoms with van der Waals surface area (Å²) in [5.41, 5.74) is 4.35. The maximum atomic E-state index is 13.5. The molecule has 0 unspecified atom stereocenters. The van der Waals surface area contributed by atoms with Gasteiger partial charge < -0.3 is 0 Å². The molecule has 16 rings (SSSR count). The van der Waals surface area contributed by atoms with Crippen LogP contribution >= 0.6 is 11.6 Å². The predicted octanol–water partition coefficient (Wildman–Crippen LogP) is 12.9. The molecule has 0 aliphatic heterocycles. The average molecular weight is 1550 g/mol. The summed E-state index contributed by atoms with van der Waals surface area (Å²) in [6.45, 7) is 0. The van der Waals surface area contributed by atoms with E-state index in [1.165, 1.54) is 104 Å². The summed E-state index contributed by atoms with van der Waals surface area (Å²) < 4.78 is 135. The molecule has 0 saturated carbocycles. The highest BCUT2D eigenvalue weighted by molar-refractivity contribution is 7.91. The zero-order chi connectivity index (χ0) is 77.4. The third kappa shape index (κ3) is 14.0. The molecule has 0 N–H and O–H groups in total. The molecule has 4 aliphatic rings. The first kappa shape index (κ1) is 73.9. The topological polar surface area (TPSA) is 330 Å². The lowest BCUT2D eigenvalue weighted by Gasteiger charge is -2.11. The van der Waals surface area contributed by atoms with Gasteiger partial charge in [-0.2, -0.15) is 22.9 Å². The van der Waals surface area contributed by atoms with Crippen LogP contribution in [0.15, 0.2) is 281 Å². The van der Waals surface area contributed by atoms with Crippen molar-refractivity contribution in [3.8, 4) is 50.7 Å². The second-order valence-corrected chi connectivity index (χ2v) is 31.5. The molecular weight excluding hydrogens is 1500 g/mol. The summed E-state index contributed by atoms with van der Waals surface area (Å²) in [7, 11) is -16.4. The Kier molecular flexibility index (Phi) is 20.0. The van der Waals surface area contributed by atoms with Gasteiger partial charge in [-0.15, -0.1) is 0 Å². The van der Waals surface area contributed by atoms with Crippen LogP contribution in [0.5, 0.6) is 0 Å². The molecule has 0 radical (unpaired) electrons. The van der Waals surface area contributed by atoms with Crippen molar-refractivity contribution >= 4 is 122 Å². The van der Waals surface area contributed by atoms with E-state index in [-0.39, 0.29) is 70.3 Å². The van der Waals surface area contributed by atoms with Gasteiger partial charge >= 0.3 is 0 Å². The van der Waals surface area contributed by atoms with E-state index in [2.05, 4.69) is 5.10 Å². The van der Waals surface area contributed by atoms with Crippen LogP contribution in [0.25, 0.3) is 68.9 Å². The Morgan fingerprint density at radius 1 is 0.330 bits per heavy atom. The van der Waals surface area contributed by atoms with Gasteiger partial charge in [-0.3, -0.25) is 38.4 Å². The summed E-state index contributed by atoms with van der Waals surface area (Å²) in [4.78, 5) is 97.0. The van der Waals surface area contributed by atoms with Crippen LogP contribution in [0.1, 0.15) is 69.8 Å². The van der Waals surface area contributed by atoms with E-state index >= 15 is 0 Å². The highest BCUT2D eigenvalue weighted by Crippen LogP contribution is 2.39. The number of fused-ring (bicyclic) bond motifs is 4. The van der Waals surface area contributed by atoms with Crippen LogP contribution in [0.2, 0.25) is 5.02 Å². The predicted molar refractivity (Wildman–Crippen MR) is 396 cm³/mol. The molecule has 8 aromatic carbocycles. The van der Waals surface area contributed by atoms with Crippen molar-refractivity contribution in [2.24, 2.45) is 0 Å². The fourth-order valence-electron chi connectivity index (χ4n) is 12.0. The number of Topliss-reactive ketones (excluding diaryl/α,β-unsaturated/α-hetero) is 4. The second kappa shape index (κ2) is 29.5. The van der Waals surface area contributed by atoms with Crippen LogP contribution in [0.3, 0.4) is 0 Å². The Morgan fingerprint density at radius 3 is 1.04 bits per heavy atom. The van der Waals surface area contributed by atoms with Crippen LogP contribution in [-0.2, 0) is 59.3 Å². The van der Waals surface area contributed by atoms with Crippen molar-refractivity contribution in [2.75, 3.05) is 0 Å². The van der Waals surface area contributed by atoms with Gasteiger partial charge in [0.05, 0.1) is 76.2 Å². The molecule has 109 heavy (non-hydrogen) atoms. The molecule has 4 heterocycles. The number of ketones is 8. The normalized spacial score (nSPS) is 13.6. The summed E-state index contributed by atoms with van der Waals surface area (Å²) in [6, 6.07) is 56.9. The van der Waals surface area contributed by atoms with E-state index in [4.69, 9.17) is 16.9 Å². The molecule has 0 amide bonds. The minimum atomic E-state index is -4.20. The lowest BCUT2D eigenvalue weighted by molar-refractivity contribution is -0.111. The first-order chi connectivity index (χ1) is 52.1. The zero-order valence-electron chi connectivity index (χ0n) is 55.6. The molecule has 4 aromatic heterocycles. The number of aromatic nitrogens is 5. The Bertz CT molecular complexity index is 6330. The number of halogens is 3. The average Bonchev–Trinajstić information content (AvgIpc) is 1.62. The standard InChI is InChI=1S/C21H12N2O4S.C20H12ClNO4S.C20H12FNO4S.C19H11FN2O4S/c22-12-14-6-8-16(9-7-14)28(26,27)23-13-17(15-4-2-1-3-5-15)20-18(23)10-11-19(24)21(20)25;21-14-6-8-15(9-7-14)27(25,26)22-12-16(13-4-2-1-3-5-13)19-17(22)10-11-18(23)20(19)24;21-14-7-4-8-15(11-14)27(25,26)22-12-16(13-5-2-1-3-6-13)19-17(22)9-10-18(23)20(19)24;20-13-6-8-14(9-7-13)27(25,26)22-15-10-11-16(23)19(24)17(15)18(21-22)12-4-2-1-3-5-12/h1-11,13H;2*1-12H;1-11H. The zero-order valence-corrected chi connectivity index (χ0v) is 59.6. The summed E-state index contributed by atoms with van der Waals surface area (Å²) in [5.74, 6) is -7.20. The van der Waals surface area contributed by atoms with Gasteiger partial charge in [-0.05, 0) is 156 Å². The summed E-state index contributed by atoms with van der Waals surface area (Å²) >= 11 is 5.85. The smallest absolute Gasteiger partial charge is 0.283 e. The fraction of sp³-hybridized carbons (Fsp3) is 0. The molecule has 0 atom stereocenters. The van der Waals surface area contributed by atoms with E-state index in [0.717, 1.165) is 72.6 Å². The second-order valence-electron chi connectivity index (χ2n) is 23.8. The minimum absolute atomic E-state index is 0.0113. The van der Waals surface area contributed by atoms with E-state index < -0.39 is 98.0 Å². The maximum Gasteiger partial charge on any atom is 0.283 e. The number of allylic oxidation sites excluding steroid dienone is 4. The molecule has 29 heteroatoms. The molecule has 538 valence electrons. The van der Waals surface area contributed by atoms with Crippen LogP contribution in [-0.4, -0.2) is 101 Å². The number of carbonyl (C=O) groups excluding carboxylic acids is 8. The minimum Gasteiger partial charge on any atom is -0.286 e. The van der Waals surface area contributed by atoms with Gasteiger partial charge in [0.15, 0.2) is 0 Å². The number of rotatable bonds is 12. The van der Waals surface area contributed by atoms with Crippen LogP contribution in [0.4, 0.5) is 8.78 Å². The van der Waals surface area contributed by atoms with Gasteiger partial charge in [0, 0.05) is 45.9 Å². The number of hydrogen-bond acceptors (Lipinski definition) is 18. The van der Waals surface area contributed by atoms with E-state index in [0.29, 0.717) is 53.6 Å². The molecule has 0 fully saturated rings. The molecule has 0 saturated heterocycles. The number of benzene rings is 8. The maximum absolute atomic E-state index is 13.5. The molecule has 12 aromatic rings. The molecule has 22 nitrogen and oxygen atoms in total. The van der Waals surface area contributed by atoms with Gasteiger partial charge in [0.1, 0.15) is 17.3 Å². The molecule has 4 aliphatic carbocycles. The first-order valence-corrected chi connectivity index (χ1v) is 38.2. The Labute approximate surface area is 624 Å². The van der Waals surface area contributed by atoms with Gasteiger partial charge in [-0.1, -0.05) is 139 Å². The lowest BCUT2D eigenvalue weighted by atomic mass is 9.94. The van der Waals surface area contributed by atoms with E-state index in [1.807, 2.05) is 12.1 Å². The Morgan fingerprint density at radius 2 is 0.661 bits per heavy atom. The Balaban J connectivity index is 0.000000128. The highest BCUT2D eigenvalue weighted by atomic mass is 35.5. The Hall–Kier alpha value is -13.4. The number of carbonyl (C=O) groups is 8. The van der Waals surface area contributed by atoms with Crippen molar-refractivity contribution in [1.29, 1.82) is 5.26 Å². The number of nitriles is 1. The number of nitrogens with zero attached hydrogens (tertiary/aromatic N) is 6. The van der Waals surface area contributed by atoms with Crippen LogP contribution in [0, 0.1) is 23.0 Å². The number of hydrogen-bond donors (Lipinski definition) is 0. The van der Waals surface area contributed by atoms with Crippen molar-refractivity contribution in [3.63, 3.8) is 0 Å². The quantitative estimate of drug-likeness (QED) is 0.103. The third-order valence-electron chi connectivity index (χ3n) is 17.2. The monoisotopic (exact) mass is 1550 g/mol. The SMILES string of the molecule is N#Cc1ccc(S(=O)(=O)n2cc(-c3ccccc3)c3c2C=CC(=O)C3=O)cc1.O=C1C=Cc2c(c(-c3ccccc3)cn2S(=O)(=O)c2ccc(Cl)cc2)C1=O.O=C1C=Cc2c(c(-c3ccccc3)cn2S(=O)(=O)c2cccc(F)c2)C1=O.O=C1C=Cc2c(c(-c3ccccc3)nn2S(=O)(=O)c2ccc(F)cc2)C1=O. The van der Waals surface area contributed by atoms with Crippen molar-refractivity contribution in [3.05, 3.63) is 329 Å². The largest absolute Gasteiger partial charge is 0.286 e. The van der Waals surface area contributed by atoms with Gasteiger partial charge in [0.25, 0.3) is 40.1 Å². The van der Waals surface area contributed by atoms with Gasteiger partial charge in [0.2, 0.25) is 46.3 Å². The van der Waals surface area contributed by atoms with E-state index in [9.17, 15) is 80.8 Å². The fourth-order valence-corrected chi connectivity index (χ4v) is 17.5. The van der Waals surface area contributed by atoms with Crippen molar-refractivity contribution < 1.29 is 80.8 Å². The third-order valence-corrected chi connectivity index (χ3v) is 24.1. The van der Waals surface area contributed by atoms with Crippen molar-refractivity contribution in [1.82, 2.24) is 21.1 Å². The molecule has 0 bridgehead atoms. The summed E-state index contributed by atoms with van der Waals surface area (Å²) in [5, 5.41) is 13.4. The first-order valence-electron chi connectivity index (χ1n) is 32.1. The highest BCUT2D eigenvalue weighted by Gasteiger charge is 2.38. The van der Waals surface area contributed by atoms with Gasteiger partial charge in [-0.25, -0.2) is 46.0 Å². The van der Waals surface area contributed by atoms with Crippen molar-refractivity contribution in [2.45, 2.75) is 19.6 Å². The van der Waals surface area contributed by atoms with E-state index in [1.54, 1.807) is 115 Å². The lowest BCUT2D eigenvalue weighted by Crippen LogP contribution is -2.20. The molecular formula is C80H47ClF2N6O16S4. The van der Waals surface area contributed by atoms with Crippen LogP contribution < -0.4 is 0 Å².